The van der Waals surface area contributed by atoms with E-state index in [9.17, 15) is 17.6 Å². The van der Waals surface area contributed by atoms with Crippen molar-refractivity contribution in [1.29, 1.82) is 0 Å². The summed E-state index contributed by atoms with van der Waals surface area (Å²) in [5, 5.41) is 0. The number of alkyl halides is 3. The Kier molecular flexibility index (Phi) is 2.87. The van der Waals surface area contributed by atoms with Crippen LogP contribution in [-0.4, -0.2) is 6.61 Å². The van der Waals surface area contributed by atoms with Gasteiger partial charge in [0.1, 0.15) is 5.82 Å². The highest BCUT2D eigenvalue weighted by Crippen LogP contribution is 2.49. The molecule has 6 heteroatoms. The Bertz CT molecular complexity index is 426. The van der Waals surface area contributed by atoms with Crippen LogP contribution in [0.3, 0.4) is 0 Å². The molecule has 2 rings (SSSR count). The fraction of sp³-hybridized carbons (Fsp3) is 0.455. The lowest BCUT2D eigenvalue weighted by Crippen LogP contribution is -2.20. The molecule has 2 N–H and O–H groups in total. The Labute approximate surface area is 95.3 Å². The van der Waals surface area contributed by atoms with Crippen molar-refractivity contribution in [2.75, 3.05) is 6.61 Å². The van der Waals surface area contributed by atoms with E-state index in [0.717, 1.165) is 6.07 Å². The molecular formula is C11H11F4NO. The fourth-order valence-electron chi connectivity index (χ4n) is 1.92. The molecule has 1 aromatic carbocycles. The van der Waals surface area contributed by atoms with Crippen molar-refractivity contribution >= 4 is 0 Å². The van der Waals surface area contributed by atoms with E-state index in [1.165, 1.54) is 6.07 Å². The molecule has 1 saturated carbocycles. The highest BCUT2D eigenvalue weighted by atomic mass is 19.4. The Morgan fingerprint density at radius 1 is 1.29 bits per heavy atom. The average molecular weight is 249 g/mol. The molecule has 2 nitrogen and oxygen atoms in total. The van der Waals surface area contributed by atoms with Crippen LogP contribution in [0.25, 0.3) is 0 Å². The maximum absolute atomic E-state index is 13.6. The number of hydrogen-bond acceptors (Lipinski definition) is 2. The van der Waals surface area contributed by atoms with Crippen LogP contribution in [0.4, 0.5) is 17.6 Å². The van der Waals surface area contributed by atoms with Crippen LogP contribution < -0.4 is 5.90 Å². The van der Waals surface area contributed by atoms with Crippen LogP contribution in [0.15, 0.2) is 18.2 Å². The molecule has 0 radical (unpaired) electrons. The molecule has 1 aromatic rings. The summed E-state index contributed by atoms with van der Waals surface area (Å²) >= 11 is 0. The molecule has 0 spiro atoms. The van der Waals surface area contributed by atoms with E-state index in [0.29, 0.717) is 18.9 Å². The molecule has 0 aliphatic heterocycles. The summed E-state index contributed by atoms with van der Waals surface area (Å²) in [6.07, 6.45) is -3.18. The van der Waals surface area contributed by atoms with Gasteiger partial charge in [-0.3, -0.25) is 0 Å². The molecular weight excluding hydrogens is 238 g/mol. The quantitative estimate of drug-likeness (QED) is 0.660. The van der Waals surface area contributed by atoms with E-state index in [2.05, 4.69) is 4.84 Å². The van der Waals surface area contributed by atoms with Crippen molar-refractivity contribution < 1.29 is 22.4 Å². The monoisotopic (exact) mass is 249 g/mol. The first-order valence-corrected chi connectivity index (χ1v) is 5.08. The molecule has 0 atom stereocenters. The molecule has 1 fully saturated rings. The Morgan fingerprint density at radius 2 is 1.94 bits per heavy atom. The zero-order valence-electron chi connectivity index (χ0n) is 8.85. The molecule has 94 valence electrons. The minimum Gasteiger partial charge on any atom is -0.304 e. The van der Waals surface area contributed by atoms with Gasteiger partial charge in [0.25, 0.3) is 0 Å². The number of rotatable bonds is 3. The molecule has 0 aromatic heterocycles. The van der Waals surface area contributed by atoms with E-state index >= 15 is 0 Å². The topological polar surface area (TPSA) is 35.2 Å². The van der Waals surface area contributed by atoms with Gasteiger partial charge in [-0.1, -0.05) is 6.07 Å². The van der Waals surface area contributed by atoms with Gasteiger partial charge in [0.05, 0.1) is 12.2 Å². The highest BCUT2D eigenvalue weighted by molar-refractivity contribution is 5.36. The van der Waals surface area contributed by atoms with E-state index in [-0.39, 0.29) is 12.2 Å². The maximum atomic E-state index is 13.6. The van der Waals surface area contributed by atoms with Gasteiger partial charge in [-0.25, -0.2) is 10.3 Å². The van der Waals surface area contributed by atoms with Crippen LogP contribution in [0.5, 0.6) is 0 Å². The highest BCUT2D eigenvalue weighted by Gasteiger charge is 2.47. The van der Waals surface area contributed by atoms with Gasteiger partial charge >= 0.3 is 6.18 Å². The minimum absolute atomic E-state index is 0.120. The van der Waals surface area contributed by atoms with E-state index in [1.54, 1.807) is 0 Å². The standard InChI is InChI=1S/C11H11F4NO/c12-9-5-7(11(13,14)15)1-2-8(9)10(3-4-10)6-17-16/h1-2,5H,3-4,6,16H2. The third-order valence-corrected chi connectivity index (χ3v) is 3.08. The first-order valence-electron chi connectivity index (χ1n) is 5.08. The predicted octanol–water partition coefficient (Wildman–Crippen LogP) is 2.77. The van der Waals surface area contributed by atoms with Crippen LogP contribution >= 0.6 is 0 Å². The Morgan fingerprint density at radius 3 is 2.35 bits per heavy atom. The molecule has 1 aliphatic rings. The van der Waals surface area contributed by atoms with E-state index in [1.807, 2.05) is 0 Å². The van der Waals surface area contributed by atoms with Crippen LogP contribution in [-0.2, 0) is 16.4 Å². The minimum atomic E-state index is -4.53. The van der Waals surface area contributed by atoms with Gasteiger partial charge in [-0.05, 0) is 30.5 Å². The SMILES string of the molecule is NOCC1(c2ccc(C(F)(F)F)cc2F)CC1. The lowest BCUT2D eigenvalue weighted by molar-refractivity contribution is -0.137. The second-order valence-electron chi connectivity index (χ2n) is 4.28. The number of halogens is 4. The Hall–Kier alpha value is -1.14. The summed E-state index contributed by atoms with van der Waals surface area (Å²) in [5.41, 5.74) is -1.28. The maximum Gasteiger partial charge on any atom is 0.416 e. The van der Waals surface area contributed by atoms with Gasteiger partial charge in [0, 0.05) is 5.41 Å². The van der Waals surface area contributed by atoms with Crippen molar-refractivity contribution in [1.82, 2.24) is 0 Å². The normalized spacial score (nSPS) is 18.2. The largest absolute Gasteiger partial charge is 0.416 e. The fourth-order valence-corrected chi connectivity index (χ4v) is 1.92. The third-order valence-electron chi connectivity index (χ3n) is 3.08. The van der Waals surface area contributed by atoms with Gasteiger partial charge in [0.2, 0.25) is 0 Å². The van der Waals surface area contributed by atoms with Crippen molar-refractivity contribution in [2.45, 2.75) is 24.4 Å². The molecule has 0 heterocycles. The van der Waals surface area contributed by atoms with Gasteiger partial charge in [-0.2, -0.15) is 13.2 Å². The molecule has 0 bridgehead atoms. The van der Waals surface area contributed by atoms with Crippen molar-refractivity contribution in [3.05, 3.63) is 35.1 Å². The van der Waals surface area contributed by atoms with Crippen molar-refractivity contribution in [3.8, 4) is 0 Å². The summed E-state index contributed by atoms with van der Waals surface area (Å²) in [6, 6.07) is 2.57. The van der Waals surface area contributed by atoms with E-state index < -0.39 is 23.0 Å². The van der Waals surface area contributed by atoms with E-state index in [4.69, 9.17) is 5.90 Å². The summed E-state index contributed by atoms with van der Waals surface area (Å²) in [5.74, 6) is 4.09. The summed E-state index contributed by atoms with van der Waals surface area (Å²) in [6.45, 7) is 0.120. The van der Waals surface area contributed by atoms with Crippen LogP contribution in [0, 0.1) is 5.82 Å². The average Bonchev–Trinajstić information content (AvgIpc) is 2.97. The molecule has 1 aliphatic carbocycles. The summed E-state index contributed by atoms with van der Waals surface area (Å²) < 4.78 is 50.7. The van der Waals surface area contributed by atoms with Gasteiger partial charge in [0.15, 0.2) is 0 Å². The summed E-state index contributed by atoms with van der Waals surface area (Å²) in [7, 11) is 0. The molecule has 17 heavy (non-hydrogen) atoms. The second-order valence-corrected chi connectivity index (χ2v) is 4.28. The Balaban J connectivity index is 2.33. The summed E-state index contributed by atoms with van der Waals surface area (Å²) in [4.78, 5) is 4.49. The molecule has 0 amide bonds. The molecule has 0 unspecified atom stereocenters. The number of hydrogen-bond donors (Lipinski definition) is 1. The number of benzene rings is 1. The second kappa shape index (κ2) is 3.96. The lowest BCUT2D eigenvalue weighted by Gasteiger charge is -2.16. The predicted molar refractivity (Wildman–Crippen MR) is 52.5 cm³/mol. The van der Waals surface area contributed by atoms with Crippen molar-refractivity contribution in [2.24, 2.45) is 5.90 Å². The zero-order valence-corrected chi connectivity index (χ0v) is 8.85. The van der Waals surface area contributed by atoms with Crippen LogP contribution in [0.1, 0.15) is 24.0 Å². The van der Waals surface area contributed by atoms with Crippen LogP contribution in [0.2, 0.25) is 0 Å². The van der Waals surface area contributed by atoms with Gasteiger partial charge in [-0.15, -0.1) is 0 Å². The van der Waals surface area contributed by atoms with Crippen molar-refractivity contribution in [3.63, 3.8) is 0 Å². The lowest BCUT2D eigenvalue weighted by atomic mass is 9.95. The number of nitrogens with two attached hydrogens (primary N) is 1. The van der Waals surface area contributed by atoms with Gasteiger partial charge < -0.3 is 4.84 Å². The zero-order chi connectivity index (χ0) is 12.7. The first kappa shape index (κ1) is 12.3. The smallest absolute Gasteiger partial charge is 0.304 e. The third kappa shape index (κ3) is 2.28. The molecule has 0 saturated heterocycles. The first-order chi connectivity index (χ1) is 7.89.